The van der Waals surface area contributed by atoms with E-state index in [4.69, 9.17) is 0 Å². The van der Waals surface area contributed by atoms with E-state index in [2.05, 4.69) is 18.7 Å². The molecule has 2 saturated carbocycles. The van der Waals surface area contributed by atoms with Crippen LogP contribution in [0.5, 0.6) is 0 Å². The molecule has 2 fully saturated rings. The molecule has 3 heteroatoms. The number of hydrogen-bond acceptors (Lipinski definition) is 1. The van der Waals surface area contributed by atoms with Gasteiger partial charge in [0.05, 0.1) is 0 Å². The maximum atomic E-state index is 12.3. The minimum absolute atomic E-state index is 0.267. The van der Waals surface area contributed by atoms with Gasteiger partial charge in [0.2, 0.25) is 0 Å². The first-order chi connectivity index (χ1) is 7.74. The maximum Gasteiger partial charge on any atom is 0.319 e. The van der Waals surface area contributed by atoms with Crippen molar-refractivity contribution in [3.05, 3.63) is 0 Å². The van der Waals surface area contributed by atoms with Gasteiger partial charge >= 0.3 is 6.03 Å². The number of carbonyl (C=O) groups excluding carboxylic acids is 1. The van der Waals surface area contributed by atoms with Gasteiger partial charge in [-0.3, -0.25) is 0 Å². The van der Waals surface area contributed by atoms with Crippen LogP contribution in [0.4, 0.5) is 4.79 Å². The lowest BCUT2D eigenvalue weighted by molar-refractivity contribution is 0.153. The summed E-state index contributed by atoms with van der Waals surface area (Å²) in [6, 6.07) is 0.267. The predicted octanol–water partition coefficient (Wildman–Crippen LogP) is 2.57. The fraction of sp³-hybridized carbons (Fsp3) is 0.923. The summed E-state index contributed by atoms with van der Waals surface area (Å²) in [7, 11) is 0. The molecule has 3 nitrogen and oxygen atoms in total. The fourth-order valence-corrected chi connectivity index (χ4v) is 2.15. The average Bonchev–Trinajstić information content (AvgIpc) is 3.13. The lowest BCUT2D eigenvalue weighted by atomic mass is 10.3. The SMILES string of the molecule is CCN(CC)C(=O)N(CC1CC1)CC1CC1. The summed E-state index contributed by atoms with van der Waals surface area (Å²) in [4.78, 5) is 16.3. The molecule has 2 rings (SSSR count). The van der Waals surface area contributed by atoms with Crippen molar-refractivity contribution >= 4 is 6.03 Å². The van der Waals surface area contributed by atoms with E-state index in [9.17, 15) is 4.79 Å². The van der Waals surface area contributed by atoms with Crippen LogP contribution in [0.1, 0.15) is 39.5 Å². The number of amides is 2. The number of hydrogen-bond donors (Lipinski definition) is 0. The Morgan fingerprint density at radius 3 is 1.69 bits per heavy atom. The zero-order valence-electron chi connectivity index (χ0n) is 10.6. The van der Waals surface area contributed by atoms with Gasteiger partial charge in [0.25, 0.3) is 0 Å². The van der Waals surface area contributed by atoms with Crippen LogP contribution in [0, 0.1) is 11.8 Å². The van der Waals surface area contributed by atoms with E-state index in [0.29, 0.717) is 0 Å². The van der Waals surface area contributed by atoms with Crippen molar-refractivity contribution in [2.75, 3.05) is 26.2 Å². The Hall–Kier alpha value is -0.730. The summed E-state index contributed by atoms with van der Waals surface area (Å²) in [5, 5.41) is 0. The molecule has 0 saturated heterocycles. The topological polar surface area (TPSA) is 23.6 Å². The molecule has 0 spiro atoms. The number of rotatable bonds is 6. The van der Waals surface area contributed by atoms with Crippen LogP contribution in [-0.2, 0) is 0 Å². The van der Waals surface area contributed by atoms with E-state index < -0.39 is 0 Å². The number of carbonyl (C=O) groups is 1. The second kappa shape index (κ2) is 5.07. The molecular weight excluding hydrogens is 200 g/mol. The van der Waals surface area contributed by atoms with Gasteiger partial charge in [-0.15, -0.1) is 0 Å². The van der Waals surface area contributed by atoms with E-state index >= 15 is 0 Å². The number of urea groups is 1. The van der Waals surface area contributed by atoms with E-state index in [0.717, 1.165) is 38.0 Å². The third kappa shape index (κ3) is 3.13. The molecule has 0 atom stereocenters. The van der Waals surface area contributed by atoms with Crippen molar-refractivity contribution in [2.24, 2.45) is 11.8 Å². The Balaban J connectivity index is 1.88. The minimum Gasteiger partial charge on any atom is -0.325 e. The molecular formula is C13H24N2O. The van der Waals surface area contributed by atoms with Gasteiger partial charge in [-0.25, -0.2) is 4.79 Å². The van der Waals surface area contributed by atoms with Crippen LogP contribution in [-0.4, -0.2) is 42.0 Å². The standard InChI is InChI=1S/C13H24N2O/c1-3-14(4-2)13(16)15(9-11-5-6-11)10-12-7-8-12/h11-12H,3-10H2,1-2H3. The van der Waals surface area contributed by atoms with Gasteiger partial charge in [-0.2, -0.15) is 0 Å². The molecule has 0 heterocycles. The summed E-state index contributed by atoms with van der Waals surface area (Å²) < 4.78 is 0. The van der Waals surface area contributed by atoms with Crippen LogP contribution in [0.15, 0.2) is 0 Å². The first-order valence-corrected chi connectivity index (χ1v) is 6.78. The van der Waals surface area contributed by atoms with Crippen LogP contribution < -0.4 is 0 Å². The molecule has 0 aromatic carbocycles. The van der Waals surface area contributed by atoms with Crippen molar-refractivity contribution in [1.82, 2.24) is 9.80 Å². The second-order valence-electron chi connectivity index (χ2n) is 5.25. The summed E-state index contributed by atoms with van der Waals surface area (Å²) in [6.07, 6.45) is 5.30. The van der Waals surface area contributed by atoms with Crippen molar-refractivity contribution in [2.45, 2.75) is 39.5 Å². The Morgan fingerprint density at radius 1 is 0.938 bits per heavy atom. The van der Waals surface area contributed by atoms with Gasteiger partial charge in [-0.1, -0.05) is 0 Å². The summed E-state index contributed by atoms with van der Waals surface area (Å²) in [6.45, 7) is 7.81. The van der Waals surface area contributed by atoms with Crippen molar-refractivity contribution in [3.63, 3.8) is 0 Å². The third-order valence-corrected chi connectivity index (χ3v) is 3.66. The van der Waals surface area contributed by atoms with Gasteiger partial charge in [0.15, 0.2) is 0 Å². The molecule has 0 unspecified atom stereocenters. The molecule has 2 aliphatic carbocycles. The first kappa shape index (κ1) is 11.7. The van der Waals surface area contributed by atoms with E-state index in [1.807, 2.05) is 4.90 Å². The quantitative estimate of drug-likeness (QED) is 0.680. The Bertz CT molecular complexity index is 228. The number of nitrogens with zero attached hydrogens (tertiary/aromatic N) is 2. The summed E-state index contributed by atoms with van der Waals surface area (Å²) in [5.41, 5.74) is 0. The van der Waals surface area contributed by atoms with Crippen LogP contribution >= 0.6 is 0 Å². The molecule has 0 aromatic rings. The highest BCUT2D eigenvalue weighted by molar-refractivity contribution is 5.74. The zero-order chi connectivity index (χ0) is 11.5. The Labute approximate surface area is 98.8 Å². The molecule has 0 aliphatic heterocycles. The fourth-order valence-electron chi connectivity index (χ4n) is 2.15. The smallest absolute Gasteiger partial charge is 0.319 e. The third-order valence-electron chi connectivity index (χ3n) is 3.66. The lowest BCUT2D eigenvalue weighted by Crippen LogP contribution is -2.44. The first-order valence-electron chi connectivity index (χ1n) is 6.78. The normalized spacial score (nSPS) is 19.6. The van der Waals surface area contributed by atoms with Crippen LogP contribution in [0.3, 0.4) is 0 Å². The molecule has 92 valence electrons. The largest absolute Gasteiger partial charge is 0.325 e. The molecule has 0 radical (unpaired) electrons. The van der Waals surface area contributed by atoms with Crippen LogP contribution in [0.25, 0.3) is 0 Å². The molecule has 0 aromatic heterocycles. The van der Waals surface area contributed by atoms with Crippen LogP contribution in [0.2, 0.25) is 0 Å². The molecule has 0 N–H and O–H groups in total. The van der Waals surface area contributed by atoms with E-state index in [1.54, 1.807) is 0 Å². The molecule has 2 aliphatic rings. The maximum absolute atomic E-state index is 12.3. The van der Waals surface area contributed by atoms with E-state index in [1.165, 1.54) is 25.7 Å². The highest BCUT2D eigenvalue weighted by Gasteiger charge is 2.32. The lowest BCUT2D eigenvalue weighted by Gasteiger charge is -2.29. The average molecular weight is 224 g/mol. The Morgan fingerprint density at radius 2 is 1.38 bits per heavy atom. The van der Waals surface area contributed by atoms with E-state index in [-0.39, 0.29) is 6.03 Å². The second-order valence-corrected chi connectivity index (χ2v) is 5.25. The monoisotopic (exact) mass is 224 g/mol. The summed E-state index contributed by atoms with van der Waals surface area (Å²) >= 11 is 0. The predicted molar refractivity (Wildman–Crippen MR) is 65.3 cm³/mol. The molecule has 2 amide bonds. The Kier molecular flexibility index (Phi) is 3.72. The molecule has 16 heavy (non-hydrogen) atoms. The molecule has 0 bridgehead atoms. The highest BCUT2D eigenvalue weighted by atomic mass is 16.2. The van der Waals surface area contributed by atoms with Crippen molar-refractivity contribution < 1.29 is 4.79 Å². The zero-order valence-corrected chi connectivity index (χ0v) is 10.6. The van der Waals surface area contributed by atoms with Gasteiger partial charge in [-0.05, 0) is 51.4 Å². The van der Waals surface area contributed by atoms with Crippen molar-refractivity contribution in [3.8, 4) is 0 Å². The minimum atomic E-state index is 0.267. The van der Waals surface area contributed by atoms with Gasteiger partial charge < -0.3 is 9.80 Å². The highest BCUT2D eigenvalue weighted by Crippen LogP contribution is 2.34. The summed E-state index contributed by atoms with van der Waals surface area (Å²) in [5.74, 6) is 1.61. The van der Waals surface area contributed by atoms with Gasteiger partial charge in [0, 0.05) is 26.2 Å². The van der Waals surface area contributed by atoms with Crippen molar-refractivity contribution in [1.29, 1.82) is 0 Å². The van der Waals surface area contributed by atoms with Gasteiger partial charge in [0.1, 0.15) is 0 Å².